The molecule has 3 amide bonds. The van der Waals surface area contributed by atoms with Crippen LogP contribution in [0.3, 0.4) is 0 Å². The van der Waals surface area contributed by atoms with Gasteiger partial charge in [-0.3, -0.25) is 9.69 Å². The van der Waals surface area contributed by atoms with Gasteiger partial charge in [-0.15, -0.1) is 0 Å². The standard InChI is InChI=1S/C47H52Cl2F2N4O8/c1-46(2,3)61-44(57)53-24-31-21-34(28-9-13-32(14-10-28)60-26-33-22-38(52-63-33)41-36(50)16-17-37(51)42(41)49)40(39(25-53)55(31)45(58)62-47(4,5)6)43(56)54(30-11-12-30)23-29-20-27(18-19-59-7)8-15-35(29)48/h8-10,13-17,20,22,30-31,39H,11-12,18-19,21,23-26H2,1-7H3/t31-,39-/m1/s1. The summed E-state index contributed by atoms with van der Waals surface area (Å²) < 4.78 is 57.1. The van der Waals surface area contributed by atoms with Crippen molar-refractivity contribution in [3.63, 3.8) is 0 Å². The Balaban J connectivity index is 1.25. The van der Waals surface area contributed by atoms with Crippen LogP contribution in [-0.4, -0.2) is 94.1 Å². The molecule has 0 radical (unpaired) electrons. The number of fused-ring (bicyclic) bond motifs is 2. The highest BCUT2D eigenvalue weighted by Gasteiger charge is 2.51. The van der Waals surface area contributed by atoms with Crippen molar-refractivity contribution in [2.24, 2.45) is 0 Å². The zero-order valence-corrected chi connectivity index (χ0v) is 37.9. The Hall–Kier alpha value is -5.18. The summed E-state index contributed by atoms with van der Waals surface area (Å²) in [6.45, 7) is 11.5. The van der Waals surface area contributed by atoms with E-state index in [0.29, 0.717) is 29.4 Å². The fourth-order valence-electron chi connectivity index (χ4n) is 7.90. The van der Waals surface area contributed by atoms with Gasteiger partial charge in [0.1, 0.15) is 40.9 Å². The monoisotopic (exact) mass is 908 g/mol. The molecule has 1 saturated carbocycles. The molecule has 1 aromatic heterocycles. The molecule has 4 aromatic rings. The summed E-state index contributed by atoms with van der Waals surface area (Å²) in [5, 5.41) is 3.99. The highest BCUT2D eigenvalue weighted by molar-refractivity contribution is 6.33. The molecule has 2 bridgehead atoms. The lowest BCUT2D eigenvalue weighted by Gasteiger charge is -2.51. The highest BCUT2D eigenvalue weighted by Crippen LogP contribution is 2.43. The molecule has 3 aromatic carbocycles. The summed E-state index contributed by atoms with van der Waals surface area (Å²) >= 11 is 12.8. The quantitative estimate of drug-likeness (QED) is 0.128. The van der Waals surface area contributed by atoms with Crippen LogP contribution in [0.2, 0.25) is 10.0 Å². The maximum atomic E-state index is 15.5. The first-order valence-corrected chi connectivity index (χ1v) is 21.7. The number of benzene rings is 3. The van der Waals surface area contributed by atoms with Gasteiger partial charge >= 0.3 is 12.2 Å². The number of carbonyl (C=O) groups is 3. The Morgan fingerprint density at radius 1 is 0.889 bits per heavy atom. The minimum atomic E-state index is -0.889. The zero-order valence-electron chi connectivity index (χ0n) is 36.4. The van der Waals surface area contributed by atoms with Crippen molar-refractivity contribution in [2.45, 2.75) is 110 Å². The normalized spacial score (nSPS) is 17.8. The number of halogens is 4. The number of aromatic nitrogens is 1. The summed E-state index contributed by atoms with van der Waals surface area (Å²) in [4.78, 5) is 48.4. The predicted molar refractivity (Wildman–Crippen MR) is 233 cm³/mol. The molecule has 7 rings (SSSR count). The van der Waals surface area contributed by atoms with Crippen molar-refractivity contribution in [3.8, 4) is 17.0 Å². The third-order valence-corrected chi connectivity index (χ3v) is 11.6. The van der Waals surface area contributed by atoms with Crippen LogP contribution in [0.25, 0.3) is 16.8 Å². The molecule has 2 fully saturated rings. The molecule has 63 heavy (non-hydrogen) atoms. The predicted octanol–water partition coefficient (Wildman–Crippen LogP) is 10.3. The number of carbonyl (C=O) groups excluding carboxylic acids is 3. The molecule has 0 N–H and O–H groups in total. The van der Waals surface area contributed by atoms with Gasteiger partial charge in [0.2, 0.25) is 0 Å². The Morgan fingerprint density at radius 3 is 2.24 bits per heavy atom. The lowest BCUT2D eigenvalue weighted by molar-refractivity contribution is -0.129. The van der Waals surface area contributed by atoms with Crippen LogP contribution in [-0.2, 0) is 38.6 Å². The van der Waals surface area contributed by atoms with E-state index in [-0.39, 0.29) is 61.6 Å². The van der Waals surface area contributed by atoms with Gasteiger partial charge in [0, 0.05) is 49.4 Å². The highest BCUT2D eigenvalue weighted by atomic mass is 35.5. The van der Waals surface area contributed by atoms with Crippen LogP contribution in [0, 0.1) is 11.6 Å². The van der Waals surface area contributed by atoms with Crippen molar-refractivity contribution in [3.05, 3.63) is 110 Å². The first-order valence-electron chi connectivity index (χ1n) is 20.9. The second-order valence-electron chi connectivity index (χ2n) is 18.1. The Bertz CT molecular complexity index is 2390. The second kappa shape index (κ2) is 18.5. The van der Waals surface area contributed by atoms with E-state index in [4.69, 9.17) is 46.7 Å². The summed E-state index contributed by atoms with van der Waals surface area (Å²) in [6, 6.07) is 14.8. The van der Waals surface area contributed by atoms with Crippen molar-refractivity contribution >= 4 is 46.9 Å². The Kier molecular flexibility index (Phi) is 13.5. The van der Waals surface area contributed by atoms with Gasteiger partial charge in [0.15, 0.2) is 5.76 Å². The summed E-state index contributed by atoms with van der Waals surface area (Å²) in [5.74, 6) is -1.12. The van der Waals surface area contributed by atoms with Crippen LogP contribution in [0.5, 0.6) is 5.75 Å². The molecule has 336 valence electrons. The minimum Gasteiger partial charge on any atom is -0.486 e. The molecule has 2 aliphatic heterocycles. The average molecular weight is 910 g/mol. The number of hydrogen-bond donors (Lipinski definition) is 0. The molecule has 0 unspecified atom stereocenters. The van der Waals surface area contributed by atoms with Crippen molar-refractivity contribution in [1.82, 2.24) is 19.9 Å². The maximum absolute atomic E-state index is 15.5. The molecule has 1 aliphatic carbocycles. The van der Waals surface area contributed by atoms with E-state index in [0.717, 1.165) is 47.2 Å². The van der Waals surface area contributed by atoms with Crippen LogP contribution in [0.1, 0.15) is 83.3 Å². The molecule has 3 heterocycles. The number of rotatable bonds is 12. The molecular weight excluding hydrogens is 857 g/mol. The Morgan fingerprint density at radius 2 is 1.57 bits per heavy atom. The van der Waals surface area contributed by atoms with Gasteiger partial charge < -0.3 is 33.3 Å². The van der Waals surface area contributed by atoms with Gasteiger partial charge in [0.05, 0.1) is 29.3 Å². The summed E-state index contributed by atoms with van der Waals surface area (Å²) in [6.07, 6.45) is 1.36. The van der Waals surface area contributed by atoms with Gasteiger partial charge in [0.25, 0.3) is 5.91 Å². The lowest BCUT2D eigenvalue weighted by Crippen LogP contribution is -2.66. The molecule has 2 atom stereocenters. The zero-order chi connectivity index (χ0) is 45.4. The number of amides is 3. The first-order chi connectivity index (χ1) is 29.8. The molecule has 12 nitrogen and oxygen atoms in total. The maximum Gasteiger partial charge on any atom is 0.411 e. The Labute approximate surface area is 376 Å². The first kappa shape index (κ1) is 45.8. The molecule has 1 saturated heterocycles. The number of piperazine rings is 1. The number of nitrogens with zero attached hydrogens (tertiary/aromatic N) is 4. The van der Waals surface area contributed by atoms with Gasteiger partial charge in [-0.25, -0.2) is 18.4 Å². The third kappa shape index (κ3) is 10.8. The fourth-order valence-corrected chi connectivity index (χ4v) is 8.33. The van der Waals surface area contributed by atoms with Crippen molar-refractivity contribution < 1.29 is 46.6 Å². The van der Waals surface area contributed by atoms with E-state index in [1.807, 2.05) is 35.2 Å². The van der Waals surface area contributed by atoms with Crippen LogP contribution in [0.15, 0.2) is 70.8 Å². The minimum absolute atomic E-state index is 0.00784. The van der Waals surface area contributed by atoms with E-state index < -0.39 is 52.1 Å². The fraction of sp³-hybridized carbons (Fsp3) is 0.447. The molecule has 3 aliphatic rings. The molecule has 16 heteroatoms. The SMILES string of the molecule is COCCc1ccc(Cl)c(CN(C(=O)C2=C(c3ccc(OCc4cc(-c5c(F)ccc(F)c5Cl)no4)cc3)C[C@@H]3CN(C(=O)OC(C)(C)C)C[C@H]2N3C(=O)OC(C)(C)C)C2CC2)c1. The van der Waals surface area contributed by atoms with E-state index in [9.17, 15) is 18.4 Å². The number of hydrogen-bond acceptors (Lipinski definition) is 9. The number of ether oxygens (including phenoxy) is 4. The van der Waals surface area contributed by atoms with Crippen LogP contribution < -0.4 is 4.74 Å². The lowest BCUT2D eigenvalue weighted by atomic mass is 9.81. The van der Waals surface area contributed by atoms with Gasteiger partial charge in [-0.05, 0) is 120 Å². The smallest absolute Gasteiger partial charge is 0.411 e. The molecule has 0 spiro atoms. The van der Waals surface area contributed by atoms with Crippen LogP contribution in [0.4, 0.5) is 18.4 Å². The summed E-state index contributed by atoms with van der Waals surface area (Å²) in [7, 11) is 1.65. The van der Waals surface area contributed by atoms with Crippen LogP contribution >= 0.6 is 23.2 Å². The number of methoxy groups -OCH3 is 1. The van der Waals surface area contributed by atoms with Gasteiger partial charge in [-0.1, -0.05) is 52.6 Å². The van der Waals surface area contributed by atoms with Gasteiger partial charge in [-0.2, -0.15) is 0 Å². The van der Waals surface area contributed by atoms with E-state index in [1.54, 1.807) is 70.6 Å². The van der Waals surface area contributed by atoms with E-state index in [2.05, 4.69) is 5.16 Å². The van der Waals surface area contributed by atoms with E-state index >= 15 is 4.79 Å². The topological polar surface area (TPSA) is 124 Å². The largest absolute Gasteiger partial charge is 0.486 e. The summed E-state index contributed by atoms with van der Waals surface area (Å²) in [5.41, 5.74) is 1.82. The van der Waals surface area contributed by atoms with Crippen molar-refractivity contribution in [2.75, 3.05) is 26.8 Å². The second-order valence-corrected chi connectivity index (χ2v) is 18.9. The average Bonchev–Trinajstić information content (AvgIpc) is 3.95. The molecular formula is C47H52Cl2F2N4O8. The van der Waals surface area contributed by atoms with Crippen molar-refractivity contribution in [1.29, 1.82) is 0 Å². The third-order valence-electron chi connectivity index (χ3n) is 10.9. The van der Waals surface area contributed by atoms with E-state index in [1.165, 1.54) is 6.07 Å².